The Hall–Kier alpha value is -2.89. The highest BCUT2D eigenvalue weighted by Gasteiger charge is 2.28. The van der Waals surface area contributed by atoms with Crippen molar-refractivity contribution >= 4 is 22.6 Å². The third-order valence-corrected chi connectivity index (χ3v) is 4.45. The summed E-state index contributed by atoms with van der Waals surface area (Å²) in [5, 5.41) is 12.3. The summed E-state index contributed by atoms with van der Waals surface area (Å²) >= 11 is 0. The maximum absolute atomic E-state index is 12.4. The van der Waals surface area contributed by atoms with Crippen molar-refractivity contribution in [3.05, 3.63) is 53.9 Å². The molecule has 0 bridgehead atoms. The predicted molar refractivity (Wildman–Crippen MR) is 93.1 cm³/mol. The number of H-pyrrole nitrogens is 1. The van der Waals surface area contributed by atoms with Gasteiger partial charge in [-0.05, 0) is 25.1 Å². The molecule has 3 aromatic rings. The molecule has 1 aromatic carbocycles. The molecule has 1 aliphatic heterocycles. The molecule has 3 heterocycles. The Labute approximate surface area is 139 Å². The molecule has 1 aliphatic rings. The van der Waals surface area contributed by atoms with Gasteiger partial charge >= 0.3 is 0 Å². The highest BCUT2D eigenvalue weighted by molar-refractivity contribution is 6.06. The zero-order valence-electron chi connectivity index (χ0n) is 13.5. The van der Waals surface area contributed by atoms with Crippen LogP contribution < -0.4 is 10.2 Å². The Morgan fingerprint density at radius 1 is 1.25 bits per heavy atom. The Morgan fingerprint density at radius 3 is 2.88 bits per heavy atom. The highest BCUT2D eigenvalue weighted by atomic mass is 16.1. The number of aromatic amines is 1. The van der Waals surface area contributed by atoms with E-state index in [1.165, 1.54) is 0 Å². The first-order valence-corrected chi connectivity index (χ1v) is 8.10. The van der Waals surface area contributed by atoms with E-state index >= 15 is 0 Å². The first kappa shape index (κ1) is 14.7. The Morgan fingerprint density at radius 2 is 2.08 bits per heavy atom. The summed E-state index contributed by atoms with van der Waals surface area (Å²) in [7, 11) is 0. The van der Waals surface area contributed by atoms with Gasteiger partial charge in [0, 0.05) is 42.7 Å². The average molecular weight is 321 g/mol. The third kappa shape index (κ3) is 2.71. The second-order valence-corrected chi connectivity index (χ2v) is 6.26. The molecular formula is C18H19N5O. The van der Waals surface area contributed by atoms with Gasteiger partial charge in [0.1, 0.15) is 0 Å². The van der Waals surface area contributed by atoms with E-state index < -0.39 is 0 Å². The van der Waals surface area contributed by atoms with Gasteiger partial charge < -0.3 is 15.2 Å². The van der Waals surface area contributed by atoms with Crippen LogP contribution in [-0.4, -0.2) is 40.7 Å². The molecule has 0 unspecified atom stereocenters. The summed E-state index contributed by atoms with van der Waals surface area (Å²) in [5.41, 5.74) is 2.60. The number of fused-ring (bicyclic) bond motifs is 1. The standard InChI is InChI=1S/C18H19N5O/c1-12-6-7-17(22-21-12)23-10-13(11-23)8-20-18(24)15-9-19-16-5-3-2-4-14(15)16/h2-7,9,13,19H,8,10-11H2,1H3,(H,20,24). The van der Waals surface area contributed by atoms with E-state index in [1.807, 2.05) is 43.3 Å². The van der Waals surface area contributed by atoms with Crippen LogP contribution in [-0.2, 0) is 0 Å². The Balaban J connectivity index is 1.32. The second-order valence-electron chi connectivity index (χ2n) is 6.26. The lowest BCUT2D eigenvalue weighted by molar-refractivity contribution is 0.0946. The SMILES string of the molecule is Cc1ccc(N2CC(CNC(=O)c3c[nH]c4ccccc34)C2)nn1. The van der Waals surface area contributed by atoms with Crippen LogP contribution in [0.15, 0.2) is 42.6 Å². The number of aryl methyl sites for hydroxylation is 1. The molecule has 1 fully saturated rings. The highest BCUT2D eigenvalue weighted by Crippen LogP contribution is 2.22. The topological polar surface area (TPSA) is 73.9 Å². The number of para-hydroxylation sites is 1. The smallest absolute Gasteiger partial charge is 0.253 e. The molecule has 0 saturated carbocycles. The molecule has 6 heteroatoms. The molecule has 4 rings (SSSR count). The predicted octanol–water partition coefficient (Wildman–Crippen LogP) is 2.13. The number of carbonyl (C=O) groups is 1. The monoisotopic (exact) mass is 321 g/mol. The summed E-state index contributed by atoms with van der Waals surface area (Å²) in [6.45, 7) is 4.39. The lowest BCUT2D eigenvalue weighted by Crippen LogP contribution is -2.51. The summed E-state index contributed by atoms with van der Waals surface area (Å²) in [5.74, 6) is 1.32. The molecule has 0 aliphatic carbocycles. The lowest BCUT2D eigenvalue weighted by Gasteiger charge is -2.39. The van der Waals surface area contributed by atoms with Gasteiger partial charge in [-0.1, -0.05) is 18.2 Å². The summed E-state index contributed by atoms with van der Waals surface area (Å²) in [4.78, 5) is 17.7. The number of hydrogen-bond donors (Lipinski definition) is 2. The maximum Gasteiger partial charge on any atom is 0.253 e. The van der Waals surface area contributed by atoms with Crippen molar-refractivity contribution in [2.75, 3.05) is 24.5 Å². The minimum Gasteiger partial charge on any atom is -0.360 e. The first-order chi connectivity index (χ1) is 11.7. The Bertz CT molecular complexity index is 865. The zero-order chi connectivity index (χ0) is 16.5. The van der Waals surface area contributed by atoms with Crippen molar-refractivity contribution in [3.63, 3.8) is 0 Å². The van der Waals surface area contributed by atoms with E-state index in [-0.39, 0.29) is 5.91 Å². The van der Waals surface area contributed by atoms with E-state index in [0.717, 1.165) is 35.5 Å². The van der Waals surface area contributed by atoms with Crippen LogP contribution in [0.3, 0.4) is 0 Å². The number of nitrogens with one attached hydrogen (secondary N) is 2. The largest absolute Gasteiger partial charge is 0.360 e. The number of hydrogen-bond acceptors (Lipinski definition) is 4. The van der Waals surface area contributed by atoms with E-state index in [9.17, 15) is 4.79 Å². The molecule has 24 heavy (non-hydrogen) atoms. The van der Waals surface area contributed by atoms with Gasteiger partial charge in [-0.25, -0.2) is 0 Å². The van der Waals surface area contributed by atoms with Crippen molar-refractivity contribution in [1.29, 1.82) is 0 Å². The van der Waals surface area contributed by atoms with E-state index in [1.54, 1.807) is 6.20 Å². The summed E-state index contributed by atoms with van der Waals surface area (Å²) < 4.78 is 0. The minimum absolute atomic E-state index is 0.0268. The van der Waals surface area contributed by atoms with Gasteiger partial charge in [0.05, 0.1) is 11.3 Å². The molecule has 0 radical (unpaired) electrons. The van der Waals surface area contributed by atoms with Gasteiger partial charge in [0.25, 0.3) is 5.91 Å². The van der Waals surface area contributed by atoms with Gasteiger partial charge in [0.2, 0.25) is 0 Å². The van der Waals surface area contributed by atoms with Gasteiger partial charge in [0.15, 0.2) is 5.82 Å². The fraction of sp³-hybridized carbons (Fsp3) is 0.278. The van der Waals surface area contributed by atoms with Gasteiger partial charge in [-0.2, -0.15) is 5.10 Å². The van der Waals surface area contributed by atoms with Gasteiger partial charge in [-0.15, -0.1) is 5.10 Å². The zero-order valence-corrected chi connectivity index (χ0v) is 13.5. The Kier molecular flexibility index (Phi) is 3.65. The van der Waals surface area contributed by atoms with E-state index in [4.69, 9.17) is 0 Å². The maximum atomic E-state index is 12.4. The summed E-state index contributed by atoms with van der Waals surface area (Å²) in [6, 6.07) is 11.8. The van der Waals surface area contributed by atoms with Crippen molar-refractivity contribution in [3.8, 4) is 0 Å². The van der Waals surface area contributed by atoms with E-state index in [0.29, 0.717) is 18.0 Å². The van der Waals surface area contributed by atoms with Crippen molar-refractivity contribution in [1.82, 2.24) is 20.5 Å². The number of aromatic nitrogens is 3. The average Bonchev–Trinajstić information content (AvgIpc) is 2.99. The summed E-state index contributed by atoms with van der Waals surface area (Å²) in [6.07, 6.45) is 1.77. The van der Waals surface area contributed by atoms with Crippen LogP contribution in [0, 0.1) is 12.8 Å². The number of rotatable bonds is 4. The molecule has 1 amide bonds. The van der Waals surface area contributed by atoms with Crippen molar-refractivity contribution in [2.45, 2.75) is 6.92 Å². The van der Waals surface area contributed by atoms with Crippen LogP contribution in [0.4, 0.5) is 5.82 Å². The van der Waals surface area contributed by atoms with E-state index in [2.05, 4.69) is 25.4 Å². The minimum atomic E-state index is -0.0268. The normalized spacial score (nSPS) is 14.6. The third-order valence-electron chi connectivity index (χ3n) is 4.45. The van der Waals surface area contributed by atoms with Crippen molar-refractivity contribution < 1.29 is 4.79 Å². The fourth-order valence-electron chi connectivity index (χ4n) is 3.04. The number of amides is 1. The molecule has 2 aromatic heterocycles. The molecule has 0 atom stereocenters. The van der Waals surface area contributed by atoms with Crippen LogP contribution >= 0.6 is 0 Å². The molecule has 6 nitrogen and oxygen atoms in total. The number of carbonyl (C=O) groups excluding carboxylic acids is 1. The van der Waals surface area contributed by atoms with Crippen molar-refractivity contribution in [2.24, 2.45) is 5.92 Å². The quantitative estimate of drug-likeness (QED) is 0.772. The molecule has 2 N–H and O–H groups in total. The fourth-order valence-corrected chi connectivity index (χ4v) is 3.04. The van der Waals surface area contributed by atoms with Crippen LogP contribution in [0.1, 0.15) is 16.1 Å². The molecular weight excluding hydrogens is 302 g/mol. The van der Waals surface area contributed by atoms with Crippen LogP contribution in [0.5, 0.6) is 0 Å². The van der Waals surface area contributed by atoms with Crippen LogP contribution in [0.2, 0.25) is 0 Å². The number of nitrogens with zero attached hydrogens (tertiary/aromatic N) is 3. The molecule has 0 spiro atoms. The number of benzene rings is 1. The number of anilines is 1. The molecule has 1 saturated heterocycles. The second kappa shape index (κ2) is 5.96. The van der Waals surface area contributed by atoms with Crippen LogP contribution in [0.25, 0.3) is 10.9 Å². The lowest BCUT2D eigenvalue weighted by atomic mass is 10.00. The van der Waals surface area contributed by atoms with Gasteiger partial charge in [-0.3, -0.25) is 4.79 Å². The molecule has 122 valence electrons. The first-order valence-electron chi connectivity index (χ1n) is 8.10.